The predicted octanol–water partition coefficient (Wildman–Crippen LogP) is 1.67. The highest BCUT2D eigenvalue weighted by molar-refractivity contribution is 5.92. The highest BCUT2D eigenvalue weighted by Gasteiger charge is 2.23. The topological polar surface area (TPSA) is 64.8 Å². The lowest BCUT2D eigenvalue weighted by molar-refractivity contribution is 0.0600. The van der Waals surface area contributed by atoms with E-state index in [-0.39, 0.29) is 5.97 Å². The summed E-state index contributed by atoms with van der Waals surface area (Å²) < 4.78 is 10.2. The van der Waals surface area contributed by atoms with Crippen LogP contribution in [0.5, 0.6) is 0 Å². The molecule has 2 rings (SSSR count). The van der Waals surface area contributed by atoms with Crippen molar-refractivity contribution in [1.82, 2.24) is 0 Å². The molecule has 1 unspecified atom stereocenters. The molecule has 0 aliphatic carbocycles. The van der Waals surface area contributed by atoms with Crippen LogP contribution in [0.15, 0.2) is 18.2 Å². The Morgan fingerprint density at radius 2 is 2.37 bits per heavy atom. The molecular weight excluding hydrogens is 244 g/mol. The maximum Gasteiger partial charge on any atom is 0.337 e. The molecule has 5 nitrogen and oxygen atoms in total. The molecule has 19 heavy (non-hydrogen) atoms. The average molecular weight is 264 g/mol. The van der Waals surface area contributed by atoms with Crippen molar-refractivity contribution in [3.63, 3.8) is 0 Å². The van der Waals surface area contributed by atoms with Crippen molar-refractivity contribution >= 4 is 17.3 Å². The lowest BCUT2D eigenvalue weighted by Crippen LogP contribution is -2.45. The number of carbonyl (C=O) groups is 1. The molecule has 0 radical (unpaired) electrons. The Labute approximate surface area is 113 Å². The predicted molar refractivity (Wildman–Crippen MR) is 74.4 cm³/mol. The standard InChI is InChI=1S/C14H20N2O3/c1-3-11-9-19-7-6-16(11)13-5-4-10(8-12(13)15)14(17)18-2/h4-5,8,11H,3,6-7,9,15H2,1-2H3. The van der Waals surface area contributed by atoms with Crippen molar-refractivity contribution in [1.29, 1.82) is 0 Å². The molecule has 1 atom stereocenters. The van der Waals surface area contributed by atoms with Crippen LogP contribution in [-0.4, -0.2) is 38.9 Å². The molecule has 0 amide bonds. The summed E-state index contributed by atoms with van der Waals surface area (Å²) in [5, 5.41) is 0. The summed E-state index contributed by atoms with van der Waals surface area (Å²) >= 11 is 0. The number of methoxy groups -OCH3 is 1. The number of esters is 1. The summed E-state index contributed by atoms with van der Waals surface area (Å²) in [5.74, 6) is -0.368. The number of nitrogen functional groups attached to an aromatic ring is 1. The normalized spacial score (nSPS) is 19.3. The number of hydrogen-bond donors (Lipinski definition) is 1. The van der Waals surface area contributed by atoms with Gasteiger partial charge in [-0.15, -0.1) is 0 Å². The molecule has 1 aliphatic heterocycles. The second kappa shape index (κ2) is 5.93. The van der Waals surface area contributed by atoms with Gasteiger partial charge in [0.05, 0.1) is 43.3 Å². The number of ether oxygens (including phenoxy) is 2. The van der Waals surface area contributed by atoms with Crippen LogP contribution in [0.1, 0.15) is 23.7 Å². The number of rotatable bonds is 3. The Kier molecular flexibility index (Phi) is 4.27. The summed E-state index contributed by atoms with van der Waals surface area (Å²) in [6.45, 7) is 4.37. The zero-order valence-electron chi connectivity index (χ0n) is 11.4. The Hall–Kier alpha value is -1.75. The molecule has 1 heterocycles. The summed E-state index contributed by atoms with van der Waals surface area (Å²) in [7, 11) is 1.36. The van der Waals surface area contributed by atoms with E-state index in [0.29, 0.717) is 30.5 Å². The number of anilines is 2. The minimum Gasteiger partial charge on any atom is -0.465 e. The molecule has 0 aromatic heterocycles. The van der Waals surface area contributed by atoms with Gasteiger partial charge in [-0.1, -0.05) is 6.92 Å². The third-order valence-corrected chi connectivity index (χ3v) is 3.46. The first kappa shape index (κ1) is 13.7. The van der Waals surface area contributed by atoms with Gasteiger partial charge in [0.2, 0.25) is 0 Å². The SMILES string of the molecule is CCC1COCCN1c1ccc(C(=O)OC)cc1N. The second-order valence-corrected chi connectivity index (χ2v) is 4.60. The van der Waals surface area contributed by atoms with Crippen molar-refractivity contribution in [3.05, 3.63) is 23.8 Å². The van der Waals surface area contributed by atoms with Gasteiger partial charge in [-0.2, -0.15) is 0 Å². The van der Waals surface area contributed by atoms with Gasteiger partial charge in [0.15, 0.2) is 0 Å². The highest BCUT2D eigenvalue weighted by atomic mass is 16.5. The van der Waals surface area contributed by atoms with Gasteiger partial charge in [-0.25, -0.2) is 4.79 Å². The molecule has 5 heteroatoms. The highest BCUT2D eigenvalue weighted by Crippen LogP contribution is 2.28. The first-order valence-corrected chi connectivity index (χ1v) is 6.49. The first-order chi connectivity index (χ1) is 9.17. The van der Waals surface area contributed by atoms with E-state index >= 15 is 0 Å². The van der Waals surface area contributed by atoms with E-state index in [1.807, 2.05) is 6.07 Å². The number of morpholine rings is 1. The average Bonchev–Trinajstić information content (AvgIpc) is 2.46. The van der Waals surface area contributed by atoms with E-state index in [0.717, 1.165) is 18.7 Å². The lowest BCUT2D eigenvalue weighted by Gasteiger charge is -2.37. The van der Waals surface area contributed by atoms with Crippen LogP contribution in [0.2, 0.25) is 0 Å². The van der Waals surface area contributed by atoms with Gasteiger partial charge in [-0.05, 0) is 24.6 Å². The third-order valence-electron chi connectivity index (χ3n) is 3.46. The van der Waals surface area contributed by atoms with E-state index in [1.165, 1.54) is 7.11 Å². The Balaban J connectivity index is 2.27. The molecule has 1 saturated heterocycles. The summed E-state index contributed by atoms with van der Waals surface area (Å²) in [6, 6.07) is 5.64. The smallest absolute Gasteiger partial charge is 0.337 e. The number of carbonyl (C=O) groups excluding carboxylic acids is 1. The summed E-state index contributed by atoms with van der Waals surface area (Å²) in [6.07, 6.45) is 0.998. The maximum absolute atomic E-state index is 11.5. The lowest BCUT2D eigenvalue weighted by atomic mass is 10.1. The minimum atomic E-state index is -0.368. The largest absolute Gasteiger partial charge is 0.465 e. The van der Waals surface area contributed by atoms with Crippen molar-refractivity contribution < 1.29 is 14.3 Å². The number of hydrogen-bond acceptors (Lipinski definition) is 5. The molecule has 2 N–H and O–H groups in total. The van der Waals surface area contributed by atoms with Gasteiger partial charge in [0.1, 0.15) is 0 Å². The van der Waals surface area contributed by atoms with Crippen molar-refractivity contribution in [2.45, 2.75) is 19.4 Å². The van der Waals surface area contributed by atoms with E-state index in [1.54, 1.807) is 12.1 Å². The van der Waals surface area contributed by atoms with E-state index in [4.69, 9.17) is 15.2 Å². The van der Waals surface area contributed by atoms with Gasteiger partial charge in [-0.3, -0.25) is 0 Å². The molecule has 0 spiro atoms. The van der Waals surface area contributed by atoms with Gasteiger partial charge < -0.3 is 20.1 Å². The summed E-state index contributed by atoms with van der Waals surface area (Å²) in [4.78, 5) is 13.7. The molecule has 1 aliphatic rings. The minimum absolute atomic E-state index is 0.333. The second-order valence-electron chi connectivity index (χ2n) is 4.60. The Bertz CT molecular complexity index is 462. The fourth-order valence-corrected chi connectivity index (χ4v) is 2.37. The van der Waals surface area contributed by atoms with Crippen LogP contribution < -0.4 is 10.6 Å². The number of nitrogens with zero attached hydrogens (tertiary/aromatic N) is 1. The zero-order chi connectivity index (χ0) is 13.8. The zero-order valence-corrected chi connectivity index (χ0v) is 11.4. The molecule has 1 aromatic rings. The van der Waals surface area contributed by atoms with Crippen LogP contribution >= 0.6 is 0 Å². The fourth-order valence-electron chi connectivity index (χ4n) is 2.37. The van der Waals surface area contributed by atoms with Crippen molar-refractivity contribution in [3.8, 4) is 0 Å². The maximum atomic E-state index is 11.5. The van der Waals surface area contributed by atoms with Crippen LogP contribution in [-0.2, 0) is 9.47 Å². The number of nitrogens with two attached hydrogens (primary N) is 1. The van der Waals surface area contributed by atoms with E-state index < -0.39 is 0 Å². The van der Waals surface area contributed by atoms with Crippen molar-refractivity contribution in [2.24, 2.45) is 0 Å². The fraction of sp³-hybridized carbons (Fsp3) is 0.500. The molecule has 0 bridgehead atoms. The molecule has 0 saturated carbocycles. The molecule has 1 aromatic carbocycles. The van der Waals surface area contributed by atoms with E-state index in [2.05, 4.69) is 11.8 Å². The van der Waals surface area contributed by atoms with Crippen molar-refractivity contribution in [2.75, 3.05) is 37.5 Å². The third kappa shape index (κ3) is 2.81. The van der Waals surface area contributed by atoms with E-state index in [9.17, 15) is 4.79 Å². The van der Waals surface area contributed by atoms with Gasteiger partial charge in [0, 0.05) is 6.54 Å². The first-order valence-electron chi connectivity index (χ1n) is 6.49. The van der Waals surface area contributed by atoms with Gasteiger partial charge >= 0.3 is 5.97 Å². The van der Waals surface area contributed by atoms with Crippen LogP contribution in [0.4, 0.5) is 11.4 Å². The Morgan fingerprint density at radius 3 is 3.00 bits per heavy atom. The Morgan fingerprint density at radius 1 is 1.58 bits per heavy atom. The van der Waals surface area contributed by atoms with Crippen LogP contribution in [0.25, 0.3) is 0 Å². The van der Waals surface area contributed by atoms with Crippen LogP contribution in [0, 0.1) is 0 Å². The summed E-state index contributed by atoms with van der Waals surface area (Å²) in [5.41, 5.74) is 8.11. The molecule has 104 valence electrons. The van der Waals surface area contributed by atoms with Crippen LogP contribution in [0.3, 0.4) is 0 Å². The van der Waals surface area contributed by atoms with Gasteiger partial charge in [0.25, 0.3) is 0 Å². The monoisotopic (exact) mass is 264 g/mol. The quantitative estimate of drug-likeness (QED) is 0.664. The molecule has 1 fully saturated rings. The molecular formula is C14H20N2O3. The number of benzene rings is 1.